The fourth-order valence-corrected chi connectivity index (χ4v) is 6.90. The average molecular weight is 692 g/mol. The molecule has 0 aromatic rings. The van der Waals surface area contributed by atoms with E-state index in [1.165, 1.54) is 218 Å². The molecule has 1 atom stereocenters. The summed E-state index contributed by atoms with van der Waals surface area (Å²) in [5.41, 5.74) is 5.01. The Labute approximate surface area is 295 Å². The number of nitrogens with two attached hydrogens (primary N) is 1. The fourth-order valence-electron chi connectivity index (χ4n) is 6.90. The minimum atomic E-state index is -4.67. The van der Waals surface area contributed by atoms with Crippen LogP contribution in [-0.2, 0) is 10.4 Å². The maximum atomic E-state index is 10.2. The molecule has 0 amide bonds. The Bertz CT molecular complexity index is 651. The van der Waals surface area contributed by atoms with Gasteiger partial charge in [-0.1, -0.05) is 232 Å². The molecule has 1 unspecified atom stereocenters. The molecule has 0 aliphatic rings. The predicted octanol–water partition coefficient (Wildman–Crippen LogP) is 13.3. The van der Waals surface area contributed by atoms with E-state index in [4.69, 9.17) is 23.3 Å². The topological polar surface area (TPSA) is 121 Å². The monoisotopic (exact) mass is 692 g/mol. The predicted molar refractivity (Wildman–Crippen MR) is 205 cm³/mol. The summed E-state index contributed by atoms with van der Waals surface area (Å²) < 4.78 is 31.6. The second kappa shape index (κ2) is 37.1. The van der Waals surface area contributed by atoms with E-state index in [2.05, 4.69) is 13.8 Å². The molecular formula is C40H85NO5S. The highest BCUT2D eigenvalue weighted by molar-refractivity contribution is 7.79. The summed E-state index contributed by atoms with van der Waals surface area (Å²) >= 11 is 0. The first-order valence-corrected chi connectivity index (χ1v) is 22.1. The van der Waals surface area contributed by atoms with E-state index in [1.807, 2.05) is 0 Å². The van der Waals surface area contributed by atoms with Crippen LogP contribution in [0.1, 0.15) is 245 Å². The smallest absolute Gasteiger partial charge is 0.376 e. The lowest BCUT2D eigenvalue weighted by Gasteiger charge is -2.25. The highest BCUT2D eigenvalue weighted by Gasteiger charge is 2.20. The van der Waals surface area contributed by atoms with Gasteiger partial charge in [0.2, 0.25) is 0 Å². The van der Waals surface area contributed by atoms with Gasteiger partial charge in [0.25, 0.3) is 0 Å². The van der Waals surface area contributed by atoms with E-state index in [-0.39, 0.29) is 0 Å². The van der Waals surface area contributed by atoms with Gasteiger partial charge in [-0.2, -0.15) is 8.42 Å². The zero-order chi connectivity index (χ0) is 35.3. The van der Waals surface area contributed by atoms with Crippen molar-refractivity contribution in [1.29, 1.82) is 0 Å². The maximum absolute atomic E-state index is 10.2. The van der Waals surface area contributed by atoms with Crippen molar-refractivity contribution in [3.8, 4) is 0 Å². The molecule has 6 nitrogen and oxygen atoms in total. The van der Waals surface area contributed by atoms with Crippen molar-refractivity contribution in [2.24, 2.45) is 11.7 Å². The van der Waals surface area contributed by atoms with E-state index >= 15 is 0 Å². The zero-order valence-electron chi connectivity index (χ0n) is 32.0. The van der Waals surface area contributed by atoms with Crippen LogP contribution in [0, 0.1) is 5.92 Å². The number of rotatable bonds is 36. The van der Waals surface area contributed by atoms with Gasteiger partial charge in [0.15, 0.2) is 0 Å². The largest absolute Gasteiger partial charge is 0.394 e. The molecule has 5 N–H and O–H groups in total. The van der Waals surface area contributed by atoms with Crippen LogP contribution >= 0.6 is 0 Å². The molecule has 7 heteroatoms. The molecule has 0 spiro atoms. The van der Waals surface area contributed by atoms with Crippen molar-refractivity contribution in [2.45, 2.75) is 251 Å². The van der Waals surface area contributed by atoms with Gasteiger partial charge in [-0.25, -0.2) is 0 Å². The molecule has 0 saturated carbocycles. The number of hydrogen-bond acceptors (Lipinski definition) is 4. The Kier molecular flexibility index (Phi) is 38.6. The highest BCUT2D eigenvalue weighted by Crippen LogP contribution is 2.26. The molecule has 0 bridgehead atoms. The van der Waals surface area contributed by atoms with Crippen LogP contribution in [0.5, 0.6) is 0 Å². The van der Waals surface area contributed by atoms with Gasteiger partial charge in [-0.3, -0.25) is 9.11 Å². The quantitative estimate of drug-likeness (QED) is 0.0295. The summed E-state index contributed by atoms with van der Waals surface area (Å²) in [6.07, 6.45) is 48.8. The molecule has 0 heterocycles. The molecule has 0 aliphatic carbocycles. The molecule has 47 heavy (non-hydrogen) atoms. The van der Waals surface area contributed by atoms with E-state index in [0.29, 0.717) is 5.92 Å². The lowest BCUT2D eigenvalue weighted by atomic mass is 9.88. The van der Waals surface area contributed by atoms with Crippen molar-refractivity contribution in [1.82, 2.24) is 0 Å². The van der Waals surface area contributed by atoms with Crippen LogP contribution in [-0.4, -0.2) is 28.4 Å². The standard InChI is InChI=1S/C40H83NO.H2O4S/c1-4-6-8-10-12-14-16-18-20-22-24-26-28-30-32-34-36-39(38-40(3,41)42)37-35-33-31-29-27-25-23-21-19-17-15-13-11-9-7-5-2;1-5(2,3)4/h39,42H,4-38,41H2,1-3H3;(H2,1,2,3,4). The first-order valence-electron chi connectivity index (χ1n) is 20.7. The molecule has 0 saturated heterocycles. The molecule has 286 valence electrons. The lowest BCUT2D eigenvalue weighted by molar-refractivity contribution is 0.0364. The van der Waals surface area contributed by atoms with Crippen LogP contribution in [0.4, 0.5) is 0 Å². The van der Waals surface area contributed by atoms with E-state index < -0.39 is 16.1 Å². The fraction of sp³-hybridized carbons (Fsp3) is 1.00. The van der Waals surface area contributed by atoms with Crippen molar-refractivity contribution in [3.05, 3.63) is 0 Å². The minimum absolute atomic E-state index is 0.600. The molecule has 0 radical (unpaired) electrons. The second-order valence-corrected chi connectivity index (χ2v) is 16.0. The first-order chi connectivity index (χ1) is 22.5. The number of unbranched alkanes of at least 4 members (excludes halogenated alkanes) is 30. The molecule has 0 rings (SSSR count). The zero-order valence-corrected chi connectivity index (χ0v) is 32.8. The SMILES string of the molecule is CCCCCCCCCCCCCCCCCCC(CCCCCCCCCCCCCCCCCC)CC(C)(N)O.O=S(=O)(O)O. The summed E-state index contributed by atoms with van der Waals surface area (Å²) in [5, 5.41) is 10.2. The van der Waals surface area contributed by atoms with Gasteiger partial charge in [0, 0.05) is 0 Å². The summed E-state index contributed by atoms with van der Waals surface area (Å²) in [4.78, 5) is 0. The Morgan fingerprint density at radius 1 is 0.447 bits per heavy atom. The van der Waals surface area contributed by atoms with Gasteiger partial charge in [0.1, 0.15) is 5.72 Å². The molecule has 0 aliphatic heterocycles. The van der Waals surface area contributed by atoms with Crippen molar-refractivity contribution in [3.63, 3.8) is 0 Å². The highest BCUT2D eigenvalue weighted by atomic mass is 32.3. The normalized spacial score (nSPS) is 13.1. The molecule has 0 aromatic carbocycles. The maximum Gasteiger partial charge on any atom is 0.394 e. The van der Waals surface area contributed by atoms with Crippen LogP contribution in [0.25, 0.3) is 0 Å². The van der Waals surface area contributed by atoms with E-state index in [1.54, 1.807) is 6.92 Å². The van der Waals surface area contributed by atoms with Gasteiger partial charge >= 0.3 is 10.4 Å². The molecule has 0 fully saturated rings. The lowest BCUT2D eigenvalue weighted by Crippen LogP contribution is -2.37. The summed E-state index contributed by atoms with van der Waals surface area (Å²) in [7, 11) is -4.67. The van der Waals surface area contributed by atoms with Gasteiger partial charge in [0.05, 0.1) is 0 Å². The third kappa shape index (κ3) is 52.8. The molecular weight excluding hydrogens is 607 g/mol. The summed E-state index contributed by atoms with van der Waals surface area (Å²) in [6, 6.07) is 0. The van der Waals surface area contributed by atoms with E-state index in [0.717, 1.165) is 6.42 Å². The minimum Gasteiger partial charge on any atom is -0.376 e. The van der Waals surface area contributed by atoms with Crippen LogP contribution < -0.4 is 5.73 Å². The van der Waals surface area contributed by atoms with Crippen molar-refractivity contribution in [2.75, 3.05) is 0 Å². The Balaban J connectivity index is 0. The number of aliphatic hydroxyl groups is 1. The van der Waals surface area contributed by atoms with Crippen molar-refractivity contribution >= 4 is 10.4 Å². The van der Waals surface area contributed by atoms with E-state index in [9.17, 15) is 5.11 Å². The third-order valence-corrected chi connectivity index (χ3v) is 9.63. The Morgan fingerprint density at radius 2 is 0.617 bits per heavy atom. The Hall–Kier alpha value is -0.210. The van der Waals surface area contributed by atoms with Gasteiger partial charge in [-0.15, -0.1) is 0 Å². The van der Waals surface area contributed by atoms with Crippen LogP contribution in [0.3, 0.4) is 0 Å². The van der Waals surface area contributed by atoms with Gasteiger partial charge in [-0.05, 0) is 19.3 Å². The number of hydrogen-bond donors (Lipinski definition) is 4. The van der Waals surface area contributed by atoms with Crippen molar-refractivity contribution < 1.29 is 22.6 Å². The van der Waals surface area contributed by atoms with Crippen LogP contribution in [0.15, 0.2) is 0 Å². The summed E-state index contributed by atoms with van der Waals surface area (Å²) in [5.74, 6) is 0.600. The average Bonchev–Trinajstić information content (AvgIpc) is 2.99. The Morgan fingerprint density at radius 3 is 0.787 bits per heavy atom. The molecule has 0 aromatic heterocycles. The second-order valence-electron chi connectivity index (χ2n) is 15.1. The third-order valence-electron chi connectivity index (χ3n) is 9.63. The summed E-state index contributed by atoms with van der Waals surface area (Å²) in [6.45, 7) is 6.39. The van der Waals surface area contributed by atoms with Gasteiger partial charge < -0.3 is 10.8 Å². The first kappa shape index (κ1) is 48.9. The van der Waals surface area contributed by atoms with Crippen LogP contribution in [0.2, 0.25) is 0 Å².